The molecule has 0 aliphatic rings. The van der Waals surface area contributed by atoms with E-state index < -0.39 is 23.7 Å². The summed E-state index contributed by atoms with van der Waals surface area (Å²) < 4.78 is 46.7. The average molecular weight is 381 g/mol. The van der Waals surface area contributed by atoms with Crippen molar-refractivity contribution in [3.05, 3.63) is 53.1 Å². The van der Waals surface area contributed by atoms with Gasteiger partial charge in [0.15, 0.2) is 23.1 Å². The summed E-state index contributed by atoms with van der Waals surface area (Å²) in [6, 6.07) is 6.30. The smallest absolute Gasteiger partial charge is 0.411 e. The van der Waals surface area contributed by atoms with E-state index in [4.69, 9.17) is 14.2 Å². The fourth-order valence-electron chi connectivity index (χ4n) is 2.29. The van der Waals surface area contributed by atoms with E-state index >= 15 is 0 Å². The highest BCUT2D eigenvalue weighted by Gasteiger charge is 2.19. The number of carbonyl (C=O) groups is 2. The van der Waals surface area contributed by atoms with Crippen molar-refractivity contribution in [2.45, 2.75) is 6.61 Å². The minimum atomic E-state index is -1.25. The SMILES string of the molecule is COC(=O)c1cc(F)c(F)cc1NC(=O)OCc1cccc(OC)c1OC. The molecule has 7 nitrogen and oxygen atoms in total. The van der Waals surface area contributed by atoms with Gasteiger partial charge in [-0.1, -0.05) is 12.1 Å². The van der Waals surface area contributed by atoms with Crippen LogP contribution in [0.25, 0.3) is 0 Å². The molecule has 0 saturated carbocycles. The summed E-state index contributed by atoms with van der Waals surface area (Å²) >= 11 is 0. The Kier molecular flexibility index (Phi) is 6.53. The van der Waals surface area contributed by atoms with Crippen molar-refractivity contribution in [1.82, 2.24) is 0 Å². The number of benzene rings is 2. The van der Waals surface area contributed by atoms with E-state index in [1.165, 1.54) is 14.2 Å². The number of halogens is 2. The molecule has 0 unspecified atom stereocenters. The molecule has 0 bridgehead atoms. The third kappa shape index (κ3) is 4.63. The summed E-state index contributed by atoms with van der Waals surface area (Å²) in [7, 11) is 3.97. The van der Waals surface area contributed by atoms with Gasteiger partial charge in [0, 0.05) is 11.6 Å². The Balaban J connectivity index is 2.15. The molecule has 0 fully saturated rings. The maximum atomic E-state index is 13.5. The van der Waals surface area contributed by atoms with E-state index in [1.807, 2.05) is 0 Å². The lowest BCUT2D eigenvalue weighted by atomic mass is 10.1. The van der Waals surface area contributed by atoms with E-state index in [-0.39, 0.29) is 17.9 Å². The first-order valence-corrected chi connectivity index (χ1v) is 7.62. The first-order valence-electron chi connectivity index (χ1n) is 7.62. The molecule has 27 heavy (non-hydrogen) atoms. The zero-order chi connectivity index (χ0) is 20.0. The maximum absolute atomic E-state index is 13.5. The Morgan fingerprint density at radius 1 is 1.04 bits per heavy atom. The Hall–Kier alpha value is -3.36. The summed E-state index contributed by atoms with van der Waals surface area (Å²) in [5, 5.41) is 2.19. The minimum Gasteiger partial charge on any atom is -0.493 e. The van der Waals surface area contributed by atoms with Gasteiger partial charge in [-0.05, 0) is 12.1 Å². The van der Waals surface area contributed by atoms with Crippen LogP contribution in [0.5, 0.6) is 11.5 Å². The molecule has 0 radical (unpaired) electrons. The first kappa shape index (κ1) is 20.0. The lowest BCUT2D eigenvalue weighted by molar-refractivity contribution is 0.0601. The molecular formula is C18H17F2NO6. The van der Waals surface area contributed by atoms with E-state index in [1.54, 1.807) is 18.2 Å². The molecule has 0 spiro atoms. The highest BCUT2D eigenvalue weighted by Crippen LogP contribution is 2.31. The van der Waals surface area contributed by atoms with Crippen molar-refractivity contribution in [3.8, 4) is 11.5 Å². The van der Waals surface area contributed by atoms with Crippen molar-refractivity contribution in [2.24, 2.45) is 0 Å². The summed E-state index contributed by atoms with van der Waals surface area (Å²) in [5.41, 5.74) is -0.124. The second-order valence-corrected chi connectivity index (χ2v) is 5.16. The molecule has 1 N–H and O–H groups in total. The Morgan fingerprint density at radius 3 is 2.37 bits per heavy atom. The molecule has 0 aromatic heterocycles. The third-order valence-electron chi connectivity index (χ3n) is 3.55. The monoisotopic (exact) mass is 381 g/mol. The number of para-hydroxylation sites is 1. The van der Waals surface area contributed by atoms with Gasteiger partial charge in [-0.25, -0.2) is 18.4 Å². The molecule has 1 amide bonds. The van der Waals surface area contributed by atoms with Gasteiger partial charge in [0.25, 0.3) is 0 Å². The van der Waals surface area contributed by atoms with Crippen LogP contribution in [-0.4, -0.2) is 33.4 Å². The van der Waals surface area contributed by atoms with Crippen molar-refractivity contribution in [3.63, 3.8) is 0 Å². The van der Waals surface area contributed by atoms with Crippen LogP contribution < -0.4 is 14.8 Å². The van der Waals surface area contributed by atoms with E-state index in [0.29, 0.717) is 29.2 Å². The zero-order valence-corrected chi connectivity index (χ0v) is 14.8. The van der Waals surface area contributed by atoms with Crippen LogP contribution >= 0.6 is 0 Å². The normalized spacial score (nSPS) is 10.1. The second kappa shape index (κ2) is 8.84. The predicted octanol–water partition coefficient (Wildman–Crippen LogP) is 3.52. The highest BCUT2D eigenvalue weighted by atomic mass is 19.2. The van der Waals surface area contributed by atoms with Crippen molar-refractivity contribution < 1.29 is 37.3 Å². The second-order valence-electron chi connectivity index (χ2n) is 5.16. The predicted molar refractivity (Wildman–Crippen MR) is 91.1 cm³/mol. The van der Waals surface area contributed by atoms with Crippen LogP contribution in [-0.2, 0) is 16.1 Å². The molecule has 0 aliphatic heterocycles. The molecular weight excluding hydrogens is 364 g/mol. The van der Waals surface area contributed by atoms with Crippen LogP contribution in [0.15, 0.2) is 30.3 Å². The largest absolute Gasteiger partial charge is 0.493 e. The standard InChI is InChI=1S/C18H17F2NO6/c1-24-15-6-4-5-10(16(15)25-2)9-27-18(23)21-14-8-13(20)12(19)7-11(14)17(22)26-3/h4-8H,9H2,1-3H3,(H,21,23). The summed E-state index contributed by atoms with van der Waals surface area (Å²) in [6.07, 6.45) is -0.990. The van der Waals surface area contributed by atoms with Crippen LogP contribution in [0.1, 0.15) is 15.9 Å². The van der Waals surface area contributed by atoms with E-state index in [9.17, 15) is 18.4 Å². The van der Waals surface area contributed by atoms with E-state index in [2.05, 4.69) is 10.1 Å². The fourth-order valence-corrected chi connectivity index (χ4v) is 2.29. The number of hydrogen-bond acceptors (Lipinski definition) is 6. The lowest BCUT2D eigenvalue weighted by Gasteiger charge is -2.14. The van der Waals surface area contributed by atoms with Crippen LogP contribution in [0.2, 0.25) is 0 Å². The molecule has 0 aliphatic carbocycles. The number of anilines is 1. The lowest BCUT2D eigenvalue weighted by Crippen LogP contribution is -2.17. The van der Waals surface area contributed by atoms with Crippen molar-refractivity contribution in [2.75, 3.05) is 26.6 Å². The summed E-state index contributed by atoms with van der Waals surface area (Å²) in [5.74, 6) is -2.61. The quantitative estimate of drug-likeness (QED) is 0.771. The number of amides is 1. The van der Waals surface area contributed by atoms with Crippen molar-refractivity contribution >= 4 is 17.7 Å². The maximum Gasteiger partial charge on any atom is 0.411 e. The van der Waals surface area contributed by atoms with Gasteiger partial charge in [0.05, 0.1) is 32.6 Å². The number of rotatable bonds is 6. The number of esters is 1. The Labute approximate surface area is 153 Å². The topological polar surface area (TPSA) is 83.1 Å². The number of hydrogen-bond donors (Lipinski definition) is 1. The number of methoxy groups -OCH3 is 3. The van der Waals surface area contributed by atoms with Gasteiger partial charge >= 0.3 is 12.1 Å². The highest BCUT2D eigenvalue weighted by molar-refractivity contribution is 5.99. The van der Waals surface area contributed by atoms with Gasteiger partial charge in [-0.3, -0.25) is 5.32 Å². The molecule has 9 heteroatoms. The number of nitrogens with one attached hydrogen (secondary N) is 1. The van der Waals surface area contributed by atoms with Gasteiger partial charge in [-0.15, -0.1) is 0 Å². The third-order valence-corrected chi connectivity index (χ3v) is 3.55. The molecule has 2 aromatic carbocycles. The van der Waals surface area contributed by atoms with Gasteiger partial charge < -0.3 is 18.9 Å². The van der Waals surface area contributed by atoms with Crippen LogP contribution in [0.4, 0.5) is 19.3 Å². The molecule has 0 heterocycles. The Morgan fingerprint density at radius 2 is 1.74 bits per heavy atom. The average Bonchev–Trinajstić information content (AvgIpc) is 2.67. The van der Waals surface area contributed by atoms with Crippen LogP contribution in [0.3, 0.4) is 0 Å². The number of ether oxygens (including phenoxy) is 4. The fraction of sp³-hybridized carbons (Fsp3) is 0.222. The van der Waals surface area contributed by atoms with E-state index in [0.717, 1.165) is 7.11 Å². The molecule has 0 saturated heterocycles. The molecule has 144 valence electrons. The molecule has 2 rings (SSSR count). The summed E-state index contributed by atoms with van der Waals surface area (Å²) in [6.45, 7) is -0.191. The van der Waals surface area contributed by atoms with Gasteiger partial charge in [-0.2, -0.15) is 0 Å². The van der Waals surface area contributed by atoms with Gasteiger partial charge in [0.2, 0.25) is 0 Å². The first-order chi connectivity index (χ1) is 12.9. The molecule has 2 aromatic rings. The summed E-state index contributed by atoms with van der Waals surface area (Å²) in [4.78, 5) is 23.7. The van der Waals surface area contributed by atoms with Crippen molar-refractivity contribution in [1.29, 1.82) is 0 Å². The zero-order valence-electron chi connectivity index (χ0n) is 14.8. The van der Waals surface area contributed by atoms with Gasteiger partial charge in [0.1, 0.15) is 6.61 Å². The minimum absolute atomic E-state index is 0.191. The Bertz CT molecular complexity index is 856. The molecule has 0 atom stereocenters. The number of carbonyl (C=O) groups excluding carboxylic acids is 2. The van der Waals surface area contributed by atoms with Crippen LogP contribution in [0, 0.1) is 11.6 Å².